The molecule has 1 aromatic rings. The zero-order valence-electron chi connectivity index (χ0n) is 12.0. The molecule has 0 aliphatic carbocycles. The summed E-state index contributed by atoms with van der Waals surface area (Å²) in [4.78, 5) is 11.6. The summed E-state index contributed by atoms with van der Waals surface area (Å²) < 4.78 is 41.2. The van der Waals surface area contributed by atoms with Gasteiger partial charge in [-0.2, -0.15) is 13.2 Å². The van der Waals surface area contributed by atoms with Crippen molar-refractivity contribution in [1.29, 1.82) is 0 Å². The quantitative estimate of drug-likeness (QED) is 0.813. The van der Waals surface area contributed by atoms with Gasteiger partial charge in [0.2, 0.25) is 5.91 Å². The molecule has 0 aromatic heterocycles. The molecule has 4 nitrogen and oxygen atoms in total. The second-order valence-corrected chi connectivity index (χ2v) is 4.60. The van der Waals surface area contributed by atoms with Crippen molar-refractivity contribution < 1.29 is 22.7 Å². The van der Waals surface area contributed by atoms with Crippen LogP contribution in [-0.2, 0) is 16.0 Å². The number of hydrogen-bond acceptors (Lipinski definition) is 3. The van der Waals surface area contributed by atoms with E-state index in [-0.39, 0.29) is 0 Å². The summed E-state index contributed by atoms with van der Waals surface area (Å²) in [6, 6.07) is 6.53. The number of nitrogens with one attached hydrogen (secondary N) is 2. The van der Waals surface area contributed by atoms with Gasteiger partial charge in [0.25, 0.3) is 0 Å². The van der Waals surface area contributed by atoms with E-state index in [0.717, 1.165) is 5.56 Å². The molecule has 2 N–H and O–H groups in total. The third kappa shape index (κ3) is 6.48. The van der Waals surface area contributed by atoms with E-state index in [9.17, 15) is 18.0 Å². The molecular formula is C14H19F3N2O2. The number of carbonyl (C=O) groups is 1. The number of alkyl halides is 3. The van der Waals surface area contributed by atoms with Crippen molar-refractivity contribution in [2.75, 3.05) is 25.6 Å². The normalized spacial score (nSPS) is 12.8. The molecule has 0 saturated heterocycles. The van der Waals surface area contributed by atoms with E-state index < -0.39 is 24.7 Å². The van der Waals surface area contributed by atoms with Gasteiger partial charge in [-0.15, -0.1) is 0 Å². The number of methoxy groups -OCH3 is 1. The number of rotatable bonds is 7. The van der Waals surface area contributed by atoms with Crippen LogP contribution >= 0.6 is 0 Å². The third-order valence-electron chi connectivity index (χ3n) is 2.82. The van der Waals surface area contributed by atoms with Crippen LogP contribution in [0.5, 0.6) is 0 Å². The van der Waals surface area contributed by atoms with Gasteiger partial charge in [0, 0.05) is 12.8 Å². The minimum absolute atomic E-state index is 0.521. The maximum absolute atomic E-state index is 12.1. The van der Waals surface area contributed by atoms with Gasteiger partial charge in [-0.3, -0.25) is 4.79 Å². The van der Waals surface area contributed by atoms with Gasteiger partial charge in [0.05, 0.1) is 6.61 Å². The van der Waals surface area contributed by atoms with Crippen LogP contribution in [0.4, 0.5) is 18.9 Å². The highest BCUT2D eigenvalue weighted by atomic mass is 19.4. The molecule has 0 radical (unpaired) electrons. The maximum Gasteiger partial charge on any atom is 0.405 e. The third-order valence-corrected chi connectivity index (χ3v) is 2.82. The van der Waals surface area contributed by atoms with E-state index in [2.05, 4.69) is 5.32 Å². The monoisotopic (exact) mass is 304 g/mol. The summed E-state index contributed by atoms with van der Waals surface area (Å²) in [6.07, 6.45) is -3.76. The summed E-state index contributed by atoms with van der Waals surface area (Å²) in [5, 5.41) is 4.77. The largest absolute Gasteiger partial charge is 0.405 e. The lowest BCUT2D eigenvalue weighted by Crippen LogP contribution is -2.42. The number of benzene rings is 1. The van der Waals surface area contributed by atoms with Crippen molar-refractivity contribution in [3.63, 3.8) is 0 Å². The Morgan fingerprint density at radius 1 is 1.33 bits per heavy atom. The highest BCUT2D eigenvalue weighted by Gasteiger charge is 2.28. The molecule has 0 heterocycles. The minimum Gasteiger partial charge on any atom is -0.384 e. The molecule has 1 unspecified atom stereocenters. The molecule has 0 bridgehead atoms. The lowest BCUT2D eigenvalue weighted by atomic mass is 10.1. The molecule has 1 amide bonds. The Hall–Kier alpha value is -1.76. The van der Waals surface area contributed by atoms with Gasteiger partial charge in [-0.25, -0.2) is 0 Å². The van der Waals surface area contributed by atoms with Crippen molar-refractivity contribution in [2.45, 2.75) is 25.6 Å². The molecular weight excluding hydrogens is 285 g/mol. The first kappa shape index (κ1) is 17.3. The van der Waals surface area contributed by atoms with E-state index in [1.807, 2.05) is 17.4 Å². The molecule has 1 rings (SSSR count). The molecule has 7 heteroatoms. The number of ether oxygens (including phenoxy) is 1. The molecule has 1 atom stereocenters. The average molecular weight is 304 g/mol. The smallest absolute Gasteiger partial charge is 0.384 e. The van der Waals surface area contributed by atoms with Gasteiger partial charge < -0.3 is 15.4 Å². The summed E-state index contributed by atoms with van der Waals surface area (Å²) >= 11 is 0. The van der Waals surface area contributed by atoms with Crippen LogP contribution in [0.25, 0.3) is 0 Å². The molecule has 21 heavy (non-hydrogen) atoms. The Morgan fingerprint density at radius 3 is 2.62 bits per heavy atom. The predicted octanol–water partition coefficient (Wildman–Crippen LogP) is 2.35. The first-order valence-electron chi connectivity index (χ1n) is 6.51. The number of para-hydroxylation sites is 1. The van der Waals surface area contributed by atoms with Gasteiger partial charge in [-0.1, -0.05) is 18.2 Å². The fraction of sp³-hybridized carbons (Fsp3) is 0.500. The second kappa shape index (κ2) is 7.87. The van der Waals surface area contributed by atoms with E-state index in [0.29, 0.717) is 18.7 Å². The molecule has 0 aliphatic rings. The van der Waals surface area contributed by atoms with Crippen LogP contribution in [0.3, 0.4) is 0 Å². The van der Waals surface area contributed by atoms with E-state index in [1.54, 1.807) is 19.2 Å². The lowest BCUT2D eigenvalue weighted by Gasteiger charge is -2.18. The molecule has 0 saturated carbocycles. The van der Waals surface area contributed by atoms with E-state index >= 15 is 0 Å². The number of halogens is 3. The lowest BCUT2D eigenvalue weighted by molar-refractivity contribution is -0.138. The second-order valence-electron chi connectivity index (χ2n) is 4.60. The maximum atomic E-state index is 12.1. The fourth-order valence-corrected chi connectivity index (χ4v) is 1.73. The van der Waals surface area contributed by atoms with Crippen LogP contribution < -0.4 is 10.6 Å². The van der Waals surface area contributed by atoms with Crippen molar-refractivity contribution in [3.8, 4) is 0 Å². The van der Waals surface area contributed by atoms with Gasteiger partial charge >= 0.3 is 6.18 Å². The first-order valence-corrected chi connectivity index (χ1v) is 6.51. The van der Waals surface area contributed by atoms with Crippen molar-refractivity contribution in [3.05, 3.63) is 29.8 Å². The predicted molar refractivity (Wildman–Crippen MR) is 74.2 cm³/mol. The Labute approximate surface area is 121 Å². The molecule has 0 fully saturated rings. The summed E-state index contributed by atoms with van der Waals surface area (Å²) in [5.41, 5.74) is 1.65. The van der Waals surface area contributed by atoms with Gasteiger partial charge in [-0.05, 0) is 25.0 Å². The van der Waals surface area contributed by atoms with Crippen LogP contribution in [-0.4, -0.2) is 38.4 Å². The zero-order valence-corrected chi connectivity index (χ0v) is 12.0. The molecule has 0 aliphatic heterocycles. The van der Waals surface area contributed by atoms with Crippen molar-refractivity contribution in [2.24, 2.45) is 0 Å². The number of anilines is 1. The topological polar surface area (TPSA) is 50.4 Å². The molecule has 1 aromatic carbocycles. The van der Waals surface area contributed by atoms with E-state index in [1.165, 1.54) is 6.92 Å². The SMILES string of the molecule is COCCc1ccccc1NC(C)C(=O)NCC(F)(F)F. The van der Waals surface area contributed by atoms with Crippen LogP contribution in [0.15, 0.2) is 24.3 Å². The van der Waals surface area contributed by atoms with Crippen LogP contribution in [0.1, 0.15) is 12.5 Å². The van der Waals surface area contributed by atoms with Gasteiger partial charge in [0.1, 0.15) is 12.6 Å². The number of hydrogen-bond donors (Lipinski definition) is 2. The Balaban J connectivity index is 2.61. The Kier molecular flexibility index (Phi) is 6.48. The van der Waals surface area contributed by atoms with Crippen LogP contribution in [0, 0.1) is 0 Å². The van der Waals surface area contributed by atoms with Crippen molar-refractivity contribution in [1.82, 2.24) is 5.32 Å². The number of carbonyl (C=O) groups excluding carboxylic acids is 1. The first-order chi connectivity index (χ1) is 9.83. The van der Waals surface area contributed by atoms with E-state index in [4.69, 9.17) is 4.74 Å². The van der Waals surface area contributed by atoms with Crippen molar-refractivity contribution >= 4 is 11.6 Å². The summed E-state index contributed by atoms with van der Waals surface area (Å²) in [5.74, 6) is -0.700. The number of amides is 1. The summed E-state index contributed by atoms with van der Waals surface area (Å²) in [7, 11) is 1.59. The highest BCUT2D eigenvalue weighted by Crippen LogP contribution is 2.17. The highest BCUT2D eigenvalue weighted by molar-refractivity contribution is 5.84. The average Bonchev–Trinajstić information content (AvgIpc) is 2.43. The fourth-order valence-electron chi connectivity index (χ4n) is 1.73. The Morgan fingerprint density at radius 2 is 2.00 bits per heavy atom. The van der Waals surface area contributed by atoms with Gasteiger partial charge in [0.15, 0.2) is 0 Å². The summed E-state index contributed by atoms with van der Waals surface area (Å²) in [6.45, 7) is 0.704. The minimum atomic E-state index is -4.41. The molecule has 118 valence electrons. The zero-order chi connectivity index (χ0) is 15.9. The Bertz CT molecular complexity index is 464. The van der Waals surface area contributed by atoms with Crippen LogP contribution in [0.2, 0.25) is 0 Å². The molecule has 0 spiro atoms. The standard InChI is InChI=1S/C14H19F3N2O2/c1-10(13(20)18-9-14(15,16)17)19-12-6-4-3-5-11(12)7-8-21-2/h3-6,10,19H,7-9H2,1-2H3,(H,18,20).